The summed E-state index contributed by atoms with van der Waals surface area (Å²) in [5.74, 6) is -0.126. The predicted molar refractivity (Wildman–Crippen MR) is 82.7 cm³/mol. The molecule has 0 bridgehead atoms. The van der Waals surface area contributed by atoms with Crippen LogP contribution in [0, 0.1) is 0 Å². The first-order valence-electron chi connectivity index (χ1n) is 5.94. The van der Waals surface area contributed by atoms with Crippen LogP contribution < -0.4 is 5.32 Å². The van der Waals surface area contributed by atoms with Crippen molar-refractivity contribution in [2.24, 2.45) is 0 Å². The van der Waals surface area contributed by atoms with Crippen LogP contribution in [0.5, 0.6) is 0 Å². The number of hydrogen-bond donors (Lipinski definition) is 1. The molecule has 4 nitrogen and oxygen atoms in total. The summed E-state index contributed by atoms with van der Waals surface area (Å²) in [4.78, 5) is 13.4. The molecule has 0 atom stereocenters. The third-order valence-electron chi connectivity index (χ3n) is 2.86. The summed E-state index contributed by atoms with van der Waals surface area (Å²) < 4.78 is 8.55. The number of anilines is 1. The molecule has 100 valence electrons. The Labute approximate surface area is 126 Å². The molecule has 0 fully saturated rings. The van der Waals surface area contributed by atoms with Crippen molar-refractivity contribution in [2.45, 2.75) is 4.90 Å². The van der Waals surface area contributed by atoms with E-state index in [1.54, 1.807) is 23.9 Å². The topological polar surface area (TPSA) is 54.9 Å². The number of amides is 1. The zero-order valence-electron chi connectivity index (χ0n) is 10.7. The third-order valence-corrected chi connectivity index (χ3v) is 4.78. The molecule has 2 aromatic carbocycles. The molecule has 3 aromatic rings. The van der Waals surface area contributed by atoms with Crippen LogP contribution in [0.15, 0.2) is 47.4 Å². The van der Waals surface area contributed by atoms with Crippen molar-refractivity contribution in [3.63, 3.8) is 0 Å². The second-order valence-electron chi connectivity index (χ2n) is 4.15. The van der Waals surface area contributed by atoms with Gasteiger partial charge in [0.1, 0.15) is 0 Å². The van der Waals surface area contributed by atoms with E-state index < -0.39 is 0 Å². The van der Waals surface area contributed by atoms with Crippen molar-refractivity contribution in [2.75, 3.05) is 11.6 Å². The standard InChI is InChI=1S/C14H11N3OSSe/c1-19-11-5-3-10(4-6-11)15-14(18)9-2-7-12-13(8-9)17-20-16-12/h2-8H,1H3,(H,15,18). The first-order chi connectivity index (χ1) is 9.76. The monoisotopic (exact) mass is 349 g/mol. The molecule has 0 saturated heterocycles. The molecule has 1 amide bonds. The average Bonchev–Trinajstić information content (AvgIpc) is 2.95. The molecule has 0 aliphatic rings. The van der Waals surface area contributed by atoms with Crippen LogP contribution in [-0.4, -0.2) is 35.1 Å². The van der Waals surface area contributed by atoms with E-state index in [0.717, 1.165) is 16.7 Å². The van der Waals surface area contributed by atoms with E-state index in [1.807, 2.05) is 36.6 Å². The van der Waals surface area contributed by atoms with E-state index >= 15 is 0 Å². The molecule has 0 aliphatic carbocycles. The fourth-order valence-corrected chi connectivity index (χ4v) is 3.29. The Morgan fingerprint density at radius 1 is 1.10 bits per heavy atom. The number of nitrogens with one attached hydrogen (secondary N) is 1. The molecule has 3 rings (SSSR count). The average molecular weight is 348 g/mol. The number of thioether (sulfide) groups is 1. The van der Waals surface area contributed by atoms with Crippen molar-refractivity contribution < 1.29 is 4.79 Å². The van der Waals surface area contributed by atoms with Gasteiger partial charge in [0, 0.05) is 0 Å². The Bertz CT molecular complexity index is 754. The fourth-order valence-electron chi connectivity index (χ4n) is 1.80. The summed E-state index contributed by atoms with van der Waals surface area (Å²) in [7, 11) is 0. The van der Waals surface area contributed by atoms with Crippen LogP contribution in [0.2, 0.25) is 0 Å². The Kier molecular flexibility index (Phi) is 3.87. The Balaban J connectivity index is 1.80. The van der Waals surface area contributed by atoms with Crippen molar-refractivity contribution >= 4 is 49.4 Å². The van der Waals surface area contributed by atoms with Crippen LogP contribution >= 0.6 is 11.8 Å². The van der Waals surface area contributed by atoms with Crippen LogP contribution in [0.25, 0.3) is 11.0 Å². The molecule has 1 aromatic heterocycles. The molecule has 0 saturated carbocycles. The van der Waals surface area contributed by atoms with E-state index in [1.165, 1.54) is 4.90 Å². The van der Waals surface area contributed by atoms with Gasteiger partial charge in [-0.25, -0.2) is 0 Å². The van der Waals surface area contributed by atoms with E-state index in [-0.39, 0.29) is 20.9 Å². The summed E-state index contributed by atoms with van der Waals surface area (Å²) in [6, 6.07) is 13.2. The number of carbonyl (C=O) groups excluding carboxylic acids is 1. The molecule has 1 N–H and O–H groups in total. The summed E-state index contributed by atoms with van der Waals surface area (Å²) in [5, 5.41) is 2.89. The van der Waals surface area contributed by atoms with Crippen LogP contribution in [0.3, 0.4) is 0 Å². The molecule has 0 unspecified atom stereocenters. The van der Waals surface area contributed by atoms with Gasteiger partial charge in [-0.1, -0.05) is 0 Å². The van der Waals surface area contributed by atoms with Crippen LogP contribution in [0.1, 0.15) is 10.4 Å². The molecule has 6 heteroatoms. The minimum absolute atomic E-state index is 0.0644. The van der Waals surface area contributed by atoms with Crippen LogP contribution in [0.4, 0.5) is 5.69 Å². The molecule has 0 spiro atoms. The first kappa shape index (κ1) is 13.4. The van der Waals surface area contributed by atoms with Gasteiger partial charge in [0.2, 0.25) is 0 Å². The van der Waals surface area contributed by atoms with E-state index in [0.29, 0.717) is 5.56 Å². The predicted octanol–water partition coefficient (Wildman–Crippen LogP) is 2.66. The normalized spacial score (nSPS) is 10.7. The SMILES string of the molecule is CSc1ccc(NC(=O)c2ccc3n[se]nc3c2)cc1. The van der Waals surface area contributed by atoms with Gasteiger partial charge in [0.15, 0.2) is 0 Å². The number of hydrogen-bond acceptors (Lipinski definition) is 4. The fraction of sp³-hybridized carbons (Fsp3) is 0.0714. The number of nitrogens with zero attached hydrogens (tertiary/aromatic N) is 2. The van der Waals surface area contributed by atoms with Crippen molar-refractivity contribution in [3.05, 3.63) is 48.0 Å². The summed E-state index contributed by atoms with van der Waals surface area (Å²) >= 11 is 1.61. The summed E-state index contributed by atoms with van der Waals surface area (Å²) in [5.41, 5.74) is 3.09. The molecule has 20 heavy (non-hydrogen) atoms. The zero-order chi connectivity index (χ0) is 13.9. The number of rotatable bonds is 3. The number of aromatic nitrogens is 2. The zero-order valence-corrected chi connectivity index (χ0v) is 13.2. The third kappa shape index (κ3) is 2.77. The number of carbonyl (C=O) groups is 1. The first-order valence-corrected chi connectivity index (χ1v) is 8.70. The number of fused-ring (bicyclic) bond motifs is 1. The van der Waals surface area contributed by atoms with Gasteiger partial charge in [-0.3, -0.25) is 0 Å². The Morgan fingerprint density at radius 3 is 2.60 bits per heavy atom. The van der Waals surface area contributed by atoms with Gasteiger partial charge in [0.25, 0.3) is 0 Å². The van der Waals surface area contributed by atoms with Crippen molar-refractivity contribution in [3.8, 4) is 0 Å². The quantitative estimate of drug-likeness (QED) is 0.584. The summed E-state index contributed by atoms with van der Waals surface area (Å²) in [6.45, 7) is 0. The van der Waals surface area contributed by atoms with Gasteiger partial charge >= 0.3 is 127 Å². The molecule has 0 radical (unpaired) electrons. The Morgan fingerprint density at radius 2 is 1.85 bits per heavy atom. The maximum absolute atomic E-state index is 12.2. The molecular weight excluding hydrogens is 337 g/mol. The molecular formula is C14H11N3OSSe. The van der Waals surface area contributed by atoms with Crippen molar-refractivity contribution in [1.29, 1.82) is 0 Å². The van der Waals surface area contributed by atoms with Crippen LogP contribution in [-0.2, 0) is 0 Å². The van der Waals surface area contributed by atoms with Gasteiger partial charge in [-0.05, 0) is 0 Å². The van der Waals surface area contributed by atoms with Gasteiger partial charge in [-0.15, -0.1) is 0 Å². The molecule has 1 heterocycles. The van der Waals surface area contributed by atoms with E-state index in [9.17, 15) is 4.79 Å². The van der Waals surface area contributed by atoms with Gasteiger partial charge in [0.05, 0.1) is 0 Å². The van der Waals surface area contributed by atoms with Gasteiger partial charge < -0.3 is 0 Å². The second-order valence-corrected chi connectivity index (χ2v) is 6.14. The summed E-state index contributed by atoms with van der Waals surface area (Å²) in [6.07, 6.45) is 2.02. The number of benzene rings is 2. The molecule has 0 aliphatic heterocycles. The maximum atomic E-state index is 12.2. The second kappa shape index (κ2) is 5.79. The van der Waals surface area contributed by atoms with Gasteiger partial charge in [-0.2, -0.15) is 0 Å². The Hall–Kier alpha value is -1.62. The van der Waals surface area contributed by atoms with Crippen molar-refractivity contribution in [1.82, 2.24) is 7.96 Å². The van der Waals surface area contributed by atoms with E-state index in [4.69, 9.17) is 0 Å². The minimum atomic E-state index is -0.126. The van der Waals surface area contributed by atoms with E-state index in [2.05, 4.69) is 13.3 Å².